The lowest BCUT2D eigenvalue weighted by Gasteiger charge is -2.13. The van der Waals surface area contributed by atoms with Gasteiger partial charge in [-0.3, -0.25) is 0 Å². The molecule has 1 atom stereocenters. The molecule has 1 aromatic heterocycles. The number of ether oxygens (including phenoxy) is 3. The van der Waals surface area contributed by atoms with Gasteiger partial charge in [-0.1, -0.05) is 11.6 Å². The number of nitrogens with zero attached hydrogens (tertiary/aromatic N) is 1. The summed E-state index contributed by atoms with van der Waals surface area (Å²) in [5.74, 6) is 0.589. The Hall–Kier alpha value is -0.880. The van der Waals surface area contributed by atoms with Crippen LogP contribution in [0.25, 0.3) is 10.9 Å². The van der Waals surface area contributed by atoms with E-state index in [0.717, 1.165) is 39.5 Å². The first-order valence-electron chi connectivity index (χ1n) is 6.85. The molecule has 2 aliphatic heterocycles. The number of hydrogen-bond donors (Lipinski definition) is 0. The van der Waals surface area contributed by atoms with Crippen molar-refractivity contribution in [1.82, 2.24) is 4.98 Å². The Morgan fingerprint density at radius 1 is 1.24 bits per heavy atom. The first-order chi connectivity index (χ1) is 10.2. The van der Waals surface area contributed by atoms with Crippen molar-refractivity contribution in [2.75, 3.05) is 13.2 Å². The van der Waals surface area contributed by atoms with Crippen LogP contribution in [-0.4, -0.2) is 24.3 Å². The monoisotopic (exact) mass is 369 g/mol. The van der Waals surface area contributed by atoms with E-state index in [2.05, 4.69) is 20.9 Å². The van der Waals surface area contributed by atoms with Crippen molar-refractivity contribution in [2.24, 2.45) is 0 Å². The summed E-state index contributed by atoms with van der Waals surface area (Å²) in [7, 11) is 0. The third-order valence-electron chi connectivity index (χ3n) is 3.89. The maximum atomic E-state index is 6.45. The molecule has 0 radical (unpaired) electrons. The van der Waals surface area contributed by atoms with Crippen molar-refractivity contribution in [3.63, 3.8) is 0 Å². The number of aromatic nitrogens is 1. The van der Waals surface area contributed by atoms with Crippen LogP contribution in [0.3, 0.4) is 0 Å². The second-order valence-corrected chi connectivity index (χ2v) is 6.40. The molecule has 21 heavy (non-hydrogen) atoms. The summed E-state index contributed by atoms with van der Waals surface area (Å²) in [4.78, 5) is 4.58. The molecule has 4 rings (SSSR count). The number of fused-ring (bicyclic) bond motifs is 3. The average molecular weight is 371 g/mol. The normalized spacial score (nSPS) is 21.0. The summed E-state index contributed by atoms with van der Waals surface area (Å²) < 4.78 is 17.6. The largest absolute Gasteiger partial charge is 0.472 e. The van der Waals surface area contributed by atoms with Crippen molar-refractivity contribution in [2.45, 2.75) is 25.7 Å². The molecule has 0 unspecified atom stereocenters. The van der Waals surface area contributed by atoms with Crippen LogP contribution in [0.4, 0.5) is 0 Å². The smallest absolute Gasteiger partial charge is 0.214 e. The van der Waals surface area contributed by atoms with Crippen LogP contribution in [0.2, 0.25) is 5.02 Å². The molecular formula is C15H13BrClNO3. The third kappa shape index (κ3) is 2.32. The highest BCUT2D eigenvalue weighted by Gasteiger charge is 2.23. The molecule has 1 fully saturated rings. The molecular weight excluding hydrogens is 358 g/mol. The number of halogens is 2. The lowest BCUT2D eigenvalue weighted by Crippen LogP contribution is -2.16. The van der Waals surface area contributed by atoms with Gasteiger partial charge in [0, 0.05) is 22.3 Å². The summed E-state index contributed by atoms with van der Waals surface area (Å²) in [6.07, 6.45) is 0.977. The molecule has 0 amide bonds. The highest BCUT2D eigenvalue weighted by atomic mass is 79.9. The second-order valence-electron chi connectivity index (χ2n) is 5.23. The van der Waals surface area contributed by atoms with Crippen LogP contribution in [0.15, 0.2) is 16.6 Å². The fourth-order valence-corrected chi connectivity index (χ4v) is 3.60. The van der Waals surface area contributed by atoms with E-state index in [1.165, 1.54) is 0 Å². The number of benzene rings is 1. The Kier molecular flexibility index (Phi) is 3.53. The van der Waals surface area contributed by atoms with Crippen molar-refractivity contribution >= 4 is 38.4 Å². The van der Waals surface area contributed by atoms with Crippen molar-refractivity contribution in [1.29, 1.82) is 0 Å². The average Bonchev–Trinajstić information content (AvgIpc) is 3.16. The minimum absolute atomic E-state index is 0.0786. The zero-order valence-corrected chi connectivity index (χ0v) is 13.5. The van der Waals surface area contributed by atoms with Gasteiger partial charge >= 0.3 is 0 Å². The van der Waals surface area contributed by atoms with Gasteiger partial charge in [-0.2, -0.15) is 0 Å². The van der Waals surface area contributed by atoms with E-state index in [-0.39, 0.29) is 6.10 Å². The maximum Gasteiger partial charge on any atom is 0.214 e. The predicted molar refractivity (Wildman–Crippen MR) is 82.8 cm³/mol. The Morgan fingerprint density at radius 2 is 2.10 bits per heavy atom. The van der Waals surface area contributed by atoms with Gasteiger partial charge in [-0.15, -0.1) is 0 Å². The molecule has 0 N–H and O–H groups in total. The minimum atomic E-state index is 0.0786. The summed E-state index contributed by atoms with van der Waals surface area (Å²) in [5, 5.41) is 1.65. The number of hydrogen-bond acceptors (Lipinski definition) is 4. The van der Waals surface area contributed by atoms with Gasteiger partial charge in [0.25, 0.3) is 0 Å². The fourth-order valence-electron chi connectivity index (χ4n) is 2.80. The van der Waals surface area contributed by atoms with Gasteiger partial charge in [-0.25, -0.2) is 4.98 Å². The van der Waals surface area contributed by atoms with Crippen LogP contribution in [-0.2, 0) is 22.7 Å². The molecule has 2 aromatic rings. The minimum Gasteiger partial charge on any atom is -0.472 e. The van der Waals surface area contributed by atoms with E-state index < -0.39 is 0 Å². The Balaban J connectivity index is 1.80. The third-order valence-corrected chi connectivity index (χ3v) is 5.36. The van der Waals surface area contributed by atoms with Gasteiger partial charge in [0.15, 0.2) is 0 Å². The molecule has 1 aromatic carbocycles. The number of rotatable bonds is 2. The summed E-state index contributed by atoms with van der Waals surface area (Å²) in [5.41, 5.74) is 3.03. The van der Waals surface area contributed by atoms with E-state index >= 15 is 0 Å². The summed E-state index contributed by atoms with van der Waals surface area (Å²) >= 11 is 10.0. The molecule has 110 valence electrons. The van der Waals surface area contributed by atoms with Crippen LogP contribution in [0.5, 0.6) is 5.88 Å². The van der Waals surface area contributed by atoms with Gasteiger partial charge < -0.3 is 14.2 Å². The molecule has 0 saturated carbocycles. The first kappa shape index (κ1) is 13.8. The molecule has 4 nitrogen and oxygen atoms in total. The van der Waals surface area contributed by atoms with E-state index in [0.29, 0.717) is 30.7 Å². The fraction of sp³-hybridized carbons (Fsp3) is 0.400. The topological polar surface area (TPSA) is 40.6 Å². The summed E-state index contributed by atoms with van der Waals surface area (Å²) in [6.45, 7) is 2.55. The standard InChI is InChI=1S/C15H13BrClNO3/c16-13-11-7-20-6-10(11)9-1-2-12(18-15(9)14(13)17)21-8-3-4-19-5-8/h1-2,8H,3-7H2/t8-/m0/s1. The van der Waals surface area contributed by atoms with Crippen molar-refractivity contribution in [3.8, 4) is 5.88 Å². The van der Waals surface area contributed by atoms with Gasteiger partial charge in [-0.05, 0) is 33.1 Å². The van der Waals surface area contributed by atoms with Gasteiger partial charge in [0.2, 0.25) is 5.88 Å². The molecule has 3 heterocycles. The van der Waals surface area contributed by atoms with E-state index in [9.17, 15) is 0 Å². The van der Waals surface area contributed by atoms with E-state index in [1.807, 2.05) is 12.1 Å². The highest BCUT2D eigenvalue weighted by Crippen LogP contribution is 2.40. The van der Waals surface area contributed by atoms with Gasteiger partial charge in [0.1, 0.15) is 6.10 Å². The molecule has 0 bridgehead atoms. The SMILES string of the molecule is Clc1c(Br)c2c(c3ccc(O[C@H]4CCOC4)nc13)COC2. The highest BCUT2D eigenvalue weighted by molar-refractivity contribution is 9.10. The van der Waals surface area contributed by atoms with Crippen LogP contribution < -0.4 is 4.74 Å². The Bertz CT molecular complexity index is 716. The van der Waals surface area contributed by atoms with Crippen LogP contribution in [0, 0.1) is 0 Å². The Morgan fingerprint density at radius 3 is 2.90 bits per heavy atom. The quantitative estimate of drug-likeness (QED) is 0.805. The first-order valence-corrected chi connectivity index (χ1v) is 8.02. The second kappa shape index (κ2) is 5.39. The zero-order valence-electron chi connectivity index (χ0n) is 11.2. The Labute approximate surface area is 135 Å². The number of pyridine rings is 1. The van der Waals surface area contributed by atoms with Crippen LogP contribution >= 0.6 is 27.5 Å². The molecule has 1 saturated heterocycles. The van der Waals surface area contributed by atoms with E-state index in [4.69, 9.17) is 25.8 Å². The molecule has 6 heteroatoms. The molecule has 0 spiro atoms. The van der Waals surface area contributed by atoms with Crippen LogP contribution in [0.1, 0.15) is 17.5 Å². The summed E-state index contributed by atoms with van der Waals surface area (Å²) in [6, 6.07) is 3.91. The van der Waals surface area contributed by atoms with Crippen molar-refractivity contribution < 1.29 is 14.2 Å². The maximum absolute atomic E-state index is 6.45. The zero-order chi connectivity index (χ0) is 14.4. The lowest BCUT2D eigenvalue weighted by atomic mass is 10.0. The predicted octanol–water partition coefficient (Wildman–Crippen LogP) is 3.85. The van der Waals surface area contributed by atoms with Gasteiger partial charge in [0.05, 0.1) is 37.0 Å². The van der Waals surface area contributed by atoms with E-state index in [1.54, 1.807) is 0 Å². The van der Waals surface area contributed by atoms with Crippen molar-refractivity contribution in [3.05, 3.63) is 32.8 Å². The molecule has 0 aliphatic carbocycles. The lowest BCUT2D eigenvalue weighted by molar-refractivity contribution is 0.134. The molecule has 2 aliphatic rings.